The van der Waals surface area contributed by atoms with Crippen LogP contribution in [0.15, 0.2) is 97.2 Å². The van der Waals surface area contributed by atoms with Crippen molar-refractivity contribution in [3.05, 3.63) is 120 Å². The normalized spacial score (nSPS) is 13.9. The van der Waals surface area contributed by atoms with E-state index in [9.17, 15) is 22.8 Å². The average molecular weight is 684 g/mol. The number of hydrogen-bond acceptors (Lipinski definition) is 6. The van der Waals surface area contributed by atoms with Gasteiger partial charge in [-0.25, -0.2) is 4.98 Å². The quantitative estimate of drug-likeness (QED) is 0.164. The van der Waals surface area contributed by atoms with E-state index in [0.29, 0.717) is 30.2 Å². The molecule has 0 N–H and O–H groups in total. The molecule has 0 aliphatic carbocycles. The second-order valence-corrected chi connectivity index (χ2v) is 11.9. The van der Waals surface area contributed by atoms with Gasteiger partial charge >= 0.3 is 6.18 Å². The number of hydrogen-bond donors (Lipinski definition) is 0. The lowest BCUT2D eigenvalue weighted by Crippen LogP contribution is -2.48. The smallest absolute Gasteiger partial charge is 0.416 e. The standard InChI is InChI=1S/C38H36F3N5O4/c1-43(36(47)27-10-12-29(13-11-27)38(39,40)41)30-14-17-35(42-25-30)50-31-15-16-32-28(23-31)24-33(44(32)2)37(48)46-21-19-45(20-22-46)18-6-8-26-7-4-5-9-34(26)49-3/h4-17,23-25H,18-22H2,1-3H3. The van der Waals surface area contributed by atoms with Crippen LogP contribution in [0.3, 0.4) is 0 Å². The maximum Gasteiger partial charge on any atom is 0.416 e. The van der Waals surface area contributed by atoms with Crippen LogP contribution in [0, 0.1) is 0 Å². The van der Waals surface area contributed by atoms with Gasteiger partial charge in [0.05, 0.1) is 24.6 Å². The highest BCUT2D eigenvalue weighted by Gasteiger charge is 2.30. The molecular formula is C38H36F3N5O4. The van der Waals surface area contributed by atoms with Crippen LogP contribution in [-0.2, 0) is 13.2 Å². The van der Waals surface area contributed by atoms with Crippen LogP contribution < -0.4 is 14.4 Å². The highest BCUT2D eigenvalue weighted by molar-refractivity contribution is 6.05. The molecule has 258 valence electrons. The molecule has 9 nitrogen and oxygen atoms in total. The first-order chi connectivity index (χ1) is 24.0. The minimum absolute atomic E-state index is 0.0254. The monoisotopic (exact) mass is 683 g/mol. The van der Waals surface area contributed by atoms with Crippen molar-refractivity contribution < 1.29 is 32.2 Å². The predicted octanol–water partition coefficient (Wildman–Crippen LogP) is 7.14. The van der Waals surface area contributed by atoms with Gasteiger partial charge in [-0.1, -0.05) is 30.4 Å². The maximum absolute atomic E-state index is 13.6. The summed E-state index contributed by atoms with van der Waals surface area (Å²) in [4.78, 5) is 36.2. The topological polar surface area (TPSA) is 80.1 Å². The van der Waals surface area contributed by atoms with Crippen molar-refractivity contribution in [1.29, 1.82) is 0 Å². The number of aromatic nitrogens is 2. The minimum Gasteiger partial charge on any atom is -0.496 e. The number of carbonyl (C=O) groups excluding carboxylic acids is 2. The Labute approximate surface area is 287 Å². The van der Waals surface area contributed by atoms with Gasteiger partial charge in [0.15, 0.2) is 0 Å². The first kappa shape index (κ1) is 34.3. The number of halogens is 3. The van der Waals surface area contributed by atoms with Gasteiger partial charge in [-0.15, -0.1) is 0 Å². The van der Waals surface area contributed by atoms with Gasteiger partial charge in [-0.3, -0.25) is 14.5 Å². The SMILES string of the molecule is COc1ccccc1C=CCN1CCN(C(=O)c2cc3cc(Oc4ccc(N(C)C(=O)c5ccc(C(F)(F)F)cc5)cn4)ccc3n2C)CC1. The third-order valence-corrected chi connectivity index (χ3v) is 8.79. The Balaban J connectivity index is 1.05. The molecule has 0 bridgehead atoms. The van der Waals surface area contributed by atoms with Crippen LogP contribution in [0.4, 0.5) is 18.9 Å². The van der Waals surface area contributed by atoms with Crippen molar-refractivity contribution in [2.75, 3.05) is 51.8 Å². The number of ether oxygens (including phenoxy) is 2. The molecular weight excluding hydrogens is 647 g/mol. The Morgan fingerprint density at radius 3 is 2.36 bits per heavy atom. The first-order valence-corrected chi connectivity index (χ1v) is 16.0. The van der Waals surface area contributed by atoms with E-state index in [2.05, 4.69) is 22.0 Å². The molecule has 3 aromatic carbocycles. The molecule has 0 unspecified atom stereocenters. The lowest BCUT2D eigenvalue weighted by molar-refractivity contribution is -0.137. The van der Waals surface area contributed by atoms with Gasteiger partial charge in [0.2, 0.25) is 5.88 Å². The zero-order valence-electron chi connectivity index (χ0n) is 27.9. The van der Waals surface area contributed by atoms with E-state index in [1.807, 2.05) is 59.0 Å². The molecule has 6 rings (SSSR count). The number of nitrogens with zero attached hydrogens (tertiary/aromatic N) is 5. The molecule has 50 heavy (non-hydrogen) atoms. The van der Waals surface area contributed by atoms with Crippen molar-refractivity contribution in [1.82, 2.24) is 19.4 Å². The summed E-state index contributed by atoms with van der Waals surface area (Å²) in [6, 6.07) is 22.6. The third kappa shape index (κ3) is 7.50. The number of aryl methyl sites for hydroxylation is 1. The average Bonchev–Trinajstić information content (AvgIpc) is 3.46. The number of methoxy groups -OCH3 is 1. The molecule has 0 saturated carbocycles. The van der Waals surface area contributed by atoms with E-state index in [-0.39, 0.29) is 17.4 Å². The summed E-state index contributed by atoms with van der Waals surface area (Å²) < 4.78 is 52.0. The molecule has 1 aliphatic heterocycles. The fourth-order valence-electron chi connectivity index (χ4n) is 5.89. The first-order valence-electron chi connectivity index (χ1n) is 16.0. The Kier molecular flexibility index (Phi) is 9.91. The minimum atomic E-state index is -4.48. The summed E-state index contributed by atoms with van der Waals surface area (Å²) in [5.74, 6) is 1.13. The molecule has 0 radical (unpaired) electrons. The number of fused-ring (bicyclic) bond motifs is 1. The van der Waals surface area contributed by atoms with Gasteiger partial charge < -0.3 is 23.8 Å². The van der Waals surface area contributed by atoms with Gasteiger partial charge in [-0.05, 0) is 60.7 Å². The second kappa shape index (κ2) is 14.5. The van der Waals surface area contributed by atoms with E-state index in [1.165, 1.54) is 18.1 Å². The van der Waals surface area contributed by atoms with Crippen LogP contribution >= 0.6 is 0 Å². The van der Waals surface area contributed by atoms with Crippen LogP contribution in [0.2, 0.25) is 0 Å². The number of anilines is 1. The van der Waals surface area contributed by atoms with E-state index in [0.717, 1.165) is 66.1 Å². The zero-order valence-corrected chi connectivity index (χ0v) is 27.9. The van der Waals surface area contributed by atoms with Crippen molar-refractivity contribution >= 4 is 34.5 Å². The number of para-hydroxylation sites is 1. The fraction of sp³-hybridized carbons (Fsp3) is 0.237. The Morgan fingerprint density at radius 1 is 0.940 bits per heavy atom. The van der Waals surface area contributed by atoms with Gasteiger partial charge in [-0.2, -0.15) is 13.2 Å². The van der Waals surface area contributed by atoms with E-state index in [1.54, 1.807) is 25.3 Å². The fourth-order valence-corrected chi connectivity index (χ4v) is 5.89. The van der Waals surface area contributed by atoms with Crippen molar-refractivity contribution in [3.8, 4) is 17.4 Å². The predicted molar refractivity (Wildman–Crippen MR) is 186 cm³/mol. The molecule has 2 aromatic heterocycles. The molecule has 1 aliphatic rings. The number of piperazine rings is 1. The van der Waals surface area contributed by atoms with Crippen LogP contribution in [0.25, 0.3) is 17.0 Å². The molecule has 0 spiro atoms. The number of amides is 2. The molecule has 5 aromatic rings. The Morgan fingerprint density at radius 2 is 1.68 bits per heavy atom. The largest absolute Gasteiger partial charge is 0.496 e. The maximum atomic E-state index is 13.6. The summed E-state index contributed by atoms with van der Waals surface area (Å²) in [6.07, 6.45) is 1.15. The lowest BCUT2D eigenvalue weighted by Gasteiger charge is -2.34. The van der Waals surface area contributed by atoms with Gasteiger partial charge in [0.25, 0.3) is 11.8 Å². The summed E-state index contributed by atoms with van der Waals surface area (Å²) in [5.41, 5.74) is 2.23. The zero-order chi connectivity index (χ0) is 35.4. The molecule has 0 atom stereocenters. The number of pyridine rings is 1. The number of benzene rings is 3. The number of rotatable bonds is 9. The summed E-state index contributed by atoms with van der Waals surface area (Å²) >= 11 is 0. The number of carbonyl (C=O) groups is 2. The molecule has 2 amide bonds. The number of alkyl halides is 3. The Bertz CT molecular complexity index is 2020. The van der Waals surface area contributed by atoms with Gasteiger partial charge in [0.1, 0.15) is 17.2 Å². The highest BCUT2D eigenvalue weighted by atomic mass is 19.4. The van der Waals surface area contributed by atoms with Crippen LogP contribution in [0.5, 0.6) is 17.4 Å². The molecule has 3 heterocycles. The van der Waals surface area contributed by atoms with Crippen molar-refractivity contribution in [2.24, 2.45) is 7.05 Å². The van der Waals surface area contributed by atoms with Gasteiger partial charge in [0, 0.05) is 74.9 Å². The summed E-state index contributed by atoms with van der Waals surface area (Å²) in [5, 5.41) is 0.840. The third-order valence-electron chi connectivity index (χ3n) is 8.79. The molecule has 12 heteroatoms. The van der Waals surface area contributed by atoms with E-state index in [4.69, 9.17) is 9.47 Å². The van der Waals surface area contributed by atoms with E-state index >= 15 is 0 Å². The second-order valence-electron chi connectivity index (χ2n) is 11.9. The Hall–Kier alpha value is -5.62. The lowest BCUT2D eigenvalue weighted by atomic mass is 10.1. The van der Waals surface area contributed by atoms with Crippen LogP contribution in [-0.4, -0.2) is 78.0 Å². The molecule has 1 saturated heterocycles. The van der Waals surface area contributed by atoms with Crippen molar-refractivity contribution in [2.45, 2.75) is 6.18 Å². The highest BCUT2D eigenvalue weighted by Crippen LogP contribution is 2.31. The van der Waals surface area contributed by atoms with E-state index < -0.39 is 17.6 Å². The molecule has 1 fully saturated rings. The summed E-state index contributed by atoms with van der Waals surface area (Å²) in [7, 11) is 5.05. The van der Waals surface area contributed by atoms with Crippen LogP contribution in [0.1, 0.15) is 32.0 Å². The van der Waals surface area contributed by atoms with Crippen molar-refractivity contribution in [3.63, 3.8) is 0 Å². The summed E-state index contributed by atoms with van der Waals surface area (Å²) in [6.45, 7) is 3.59.